The van der Waals surface area contributed by atoms with Crippen molar-refractivity contribution in [3.8, 4) is 0 Å². The summed E-state index contributed by atoms with van der Waals surface area (Å²) >= 11 is 0. The van der Waals surface area contributed by atoms with Crippen LogP contribution in [0.4, 0.5) is 0 Å². The average molecular weight is 265 g/mol. The van der Waals surface area contributed by atoms with E-state index in [0.29, 0.717) is 0 Å². The van der Waals surface area contributed by atoms with Gasteiger partial charge in [0.15, 0.2) is 0 Å². The number of aromatic nitrogens is 3. The first-order valence-corrected chi connectivity index (χ1v) is 6.36. The highest BCUT2D eigenvalue weighted by Gasteiger charge is 2.13. The molecule has 1 unspecified atom stereocenters. The van der Waals surface area contributed by atoms with Crippen molar-refractivity contribution in [2.75, 3.05) is 0 Å². The van der Waals surface area contributed by atoms with Crippen molar-refractivity contribution in [2.24, 2.45) is 5.84 Å². The third-order valence-corrected chi connectivity index (χ3v) is 3.27. The highest BCUT2D eigenvalue weighted by atomic mass is 15.2. The summed E-state index contributed by atoms with van der Waals surface area (Å²) < 4.78 is 0. The Kier molecular flexibility index (Phi) is 3.37. The molecule has 5 heteroatoms. The molecule has 1 aromatic carbocycles. The molecule has 0 saturated heterocycles. The topological polar surface area (TPSA) is 76.7 Å². The normalized spacial score (nSPS) is 12.5. The Hall–Kier alpha value is -2.37. The summed E-state index contributed by atoms with van der Waals surface area (Å²) in [6.45, 7) is 1.99. The highest BCUT2D eigenvalue weighted by molar-refractivity contribution is 5.79. The van der Waals surface area contributed by atoms with Crippen LogP contribution >= 0.6 is 0 Å². The van der Waals surface area contributed by atoms with Gasteiger partial charge in [-0.2, -0.15) is 0 Å². The van der Waals surface area contributed by atoms with E-state index in [2.05, 4.69) is 32.5 Å². The van der Waals surface area contributed by atoms with Crippen molar-refractivity contribution in [3.05, 3.63) is 65.9 Å². The van der Waals surface area contributed by atoms with Crippen molar-refractivity contribution in [1.29, 1.82) is 0 Å². The van der Waals surface area contributed by atoms with Crippen molar-refractivity contribution < 1.29 is 0 Å². The fourth-order valence-electron chi connectivity index (χ4n) is 2.27. The molecule has 3 rings (SSSR count). The molecule has 0 saturated carbocycles. The number of benzene rings is 1. The van der Waals surface area contributed by atoms with Crippen molar-refractivity contribution in [2.45, 2.75) is 13.0 Å². The number of pyridine rings is 1. The number of nitrogens with two attached hydrogens (primary N) is 1. The number of nitrogens with zero attached hydrogens (tertiary/aromatic N) is 3. The average Bonchev–Trinajstić information content (AvgIpc) is 2.49. The van der Waals surface area contributed by atoms with Gasteiger partial charge in [-0.1, -0.05) is 12.1 Å². The SMILES string of the molecule is Cc1ccc2cc(C(NN)c3cncnc3)ccc2n1. The van der Waals surface area contributed by atoms with Crippen molar-refractivity contribution in [1.82, 2.24) is 20.4 Å². The minimum Gasteiger partial charge on any atom is -0.271 e. The summed E-state index contributed by atoms with van der Waals surface area (Å²) in [6, 6.07) is 10.0. The van der Waals surface area contributed by atoms with E-state index >= 15 is 0 Å². The third-order valence-electron chi connectivity index (χ3n) is 3.27. The van der Waals surface area contributed by atoms with Crippen LogP contribution in [0.3, 0.4) is 0 Å². The molecule has 0 spiro atoms. The van der Waals surface area contributed by atoms with Gasteiger partial charge in [-0.15, -0.1) is 0 Å². The van der Waals surface area contributed by atoms with Crippen LogP contribution in [0.2, 0.25) is 0 Å². The monoisotopic (exact) mass is 265 g/mol. The van der Waals surface area contributed by atoms with Crippen LogP contribution in [0.15, 0.2) is 49.1 Å². The van der Waals surface area contributed by atoms with Gasteiger partial charge in [0.05, 0.1) is 11.6 Å². The summed E-state index contributed by atoms with van der Waals surface area (Å²) in [5.41, 5.74) is 6.78. The molecule has 20 heavy (non-hydrogen) atoms. The molecule has 0 aliphatic heterocycles. The summed E-state index contributed by atoms with van der Waals surface area (Å²) in [7, 11) is 0. The van der Waals surface area contributed by atoms with Gasteiger partial charge in [0.25, 0.3) is 0 Å². The Balaban J connectivity index is 2.06. The van der Waals surface area contributed by atoms with Gasteiger partial charge in [0.2, 0.25) is 0 Å². The molecular formula is C15H15N5. The lowest BCUT2D eigenvalue weighted by Gasteiger charge is -2.16. The van der Waals surface area contributed by atoms with Gasteiger partial charge in [-0.25, -0.2) is 15.4 Å². The second-order valence-electron chi connectivity index (χ2n) is 4.68. The molecule has 0 aliphatic rings. The Labute approximate surface area is 116 Å². The quantitative estimate of drug-likeness (QED) is 0.558. The smallest absolute Gasteiger partial charge is 0.115 e. The fourth-order valence-corrected chi connectivity index (χ4v) is 2.27. The number of hydrazine groups is 1. The molecule has 0 aliphatic carbocycles. The first kappa shape index (κ1) is 12.7. The van der Waals surface area contributed by atoms with E-state index in [4.69, 9.17) is 5.84 Å². The van der Waals surface area contributed by atoms with Gasteiger partial charge in [0, 0.05) is 29.0 Å². The summed E-state index contributed by atoms with van der Waals surface area (Å²) in [5, 5.41) is 1.09. The highest BCUT2D eigenvalue weighted by Crippen LogP contribution is 2.23. The molecule has 2 aromatic heterocycles. The van der Waals surface area contributed by atoms with Crippen molar-refractivity contribution in [3.63, 3.8) is 0 Å². The fraction of sp³-hybridized carbons (Fsp3) is 0.133. The van der Waals surface area contributed by atoms with Crippen LogP contribution in [0, 0.1) is 6.92 Å². The Morgan fingerprint density at radius 3 is 2.60 bits per heavy atom. The molecular weight excluding hydrogens is 250 g/mol. The Morgan fingerprint density at radius 1 is 1.05 bits per heavy atom. The predicted octanol–water partition coefficient (Wildman–Crippen LogP) is 1.89. The first-order valence-electron chi connectivity index (χ1n) is 6.36. The Morgan fingerprint density at radius 2 is 1.85 bits per heavy atom. The second kappa shape index (κ2) is 5.32. The number of hydrogen-bond acceptors (Lipinski definition) is 5. The maximum atomic E-state index is 5.68. The molecule has 0 fully saturated rings. The molecule has 5 nitrogen and oxygen atoms in total. The molecule has 3 aromatic rings. The molecule has 100 valence electrons. The van der Waals surface area contributed by atoms with Crippen LogP contribution in [-0.4, -0.2) is 15.0 Å². The third kappa shape index (κ3) is 2.36. The van der Waals surface area contributed by atoms with Crippen LogP contribution in [0.5, 0.6) is 0 Å². The van der Waals surface area contributed by atoms with E-state index in [1.807, 2.05) is 25.1 Å². The summed E-state index contributed by atoms with van der Waals surface area (Å²) in [5.74, 6) is 5.68. The lowest BCUT2D eigenvalue weighted by Crippen LogP contribution is -2.29. The zero-order valence-electron chi connectivity index (χ0n) is 11.1. The van der Waals surface area contributed by atoms with E-state index in [1.54, 1.807) is 12.4 Å². The number of hydrogen-bond donors (Lipinski definition) is 2. The number of rotatable bonds is 3. The Bertz CT molecular complexity index is 727. The molecule has 0 bridgehead atoms. The van der Waals surface area contributed by atoms with E-state index in [9.17, 15) is 0 Å². The molecule has 2 heterocycles. The van der Waals surface area contributed by atoms with Gasteiger partial charge >= 0.3 is 0 Å². The number of aryl methyl sites for hydroxylation is 1. The van der Waals surface area contributed by atoms with Crippen LogP contribution in [0.1, 0.15) is 22.9 Å². The van der Waals surface area contributed by atoms with Crippen LogP contribution in [-0.2, 0) is 0 Å². The summed E-state index contributed by atoms with van der Waals surface area (Å²) in [6.07, 6.45) is 5.02. The minimum atomic E-state index is -0.137. The second-order valence-corrected chi connectivity index (χ2v) is 4.68. The van der Waals surface area contributed by atoms with Gasteiger partial charge in [0.1, 0.15) is 6.33 Å². The first-order chi connectivity index (χ1) is 9.78. The van der Waals surface area contributed by atoms with E-state index in [1.165, 1.54) is 6.33 Å². The standard InChI is InChI=1S/C15H15N5/c1-10-2-3-11-6-12(4-5-14(11)19-10)15(20-16)13-7-17-9-18-8-13/h2-9,15,20H,16H2,1H3. The number of fused-ring (bicyclic) bond motifs is 1. The van der Waals surface area contributed by atoms with Gasteiger partial charge in [-0.05, 0) is 30.7 Å². The zero-order chi connectivity index (χ0) is 13.9. The molecule has 1 atom stereocenters. The van der Waals surface area contributed by atoms with Gasteiger partial charge in [-0.3, -0.25) is 10.8 Å². The predicted molar refractivity (Wildman–Crippen MR) is 77.7 cm³/mol. The summed E-state index contributed by atoms with van der Waals surface area (Å²) in [4.78, 5) is 12.6. The minimum absolute atomic E-state index is 0.137. The van der Waals surface area contributed by atoms with Crippen LogP contribution in [0.25, 0.3) is 10.9 Å². The zero-order valence-corrected chi connectivity index (χ0v) is 11.1. The van der Waals surface area contributed by atoms with Gasteiger partial charge < -0.3 is 0 Å². The molecule has 3 N–H and O–H groups in total. The molecule has 0 radical (unpaired) electrons. The van der Waals surface area contributed by atoms with Crippen LogP contribution < -0.4 is 11.3 Å². The lowest BCUT2D eigenvalue weighted by molar-refractivity contribution is 0.632. The van der Waals surface area contributed by atoms with E-state index < -0.39 is 0 Å². The largest absolute Gasteiger partial charge is 0.271 e. The van der Waals surface area contributed by atoms with Crippen molar-refractivity contribution >= 4 is 10.9 Å². The maximum absolute atomic E-state index is 5.68. The lowest BCUT2D eigenvalue weighted by atomic mass is 10.00. The molecule has 0 amide bonds. The van der Waals surface area contributed by atoms with E-state index in [0.717, 1.165) is 27.7 Å². The number of nitrogens with one attached hydrogen (secondary N) is 1. The van der Waals surface area contributed by atoms with E-state index in [-0.39, 0.29) is 6.04 Å². The maximum Gasteiger partial charge on any atom is 0.115 e.